The van der Waals surface area contributed by atoms with Gasteiger partial charge in [-0.25, -0.2) is 4.68 Å². The fourth-order valence-corrected chi connectivity index (χ4v) is 7.96. The van der Waals surface area contributed by atoms with Crippen molar-refractivity contribution in [2.45, 2.75) is 29.7 Å². The van der Waals surface area contributed by atoms with E-state index in [1.165, 1.54) is 24.3 Å². The average molecular weight is 807 g/mol. The highest BCUT2D eigenvalue weighted by atomic mass is 79.9. The molecule has 0 aliphatic rings. The van der Waals surface area contributed by atoms with Crippen LogP contribution >= 0.6 is 47.1 Å². The van der Waals surface area contributed by atoms with Gasteiger partial charge >= 0.3 is 26.5 Å². The van der Waals surface area contributed by atoms with Gasteiger partial charge in [-0.3, -0.25) is 9.13 Å². The highest BCUT2D eigenvalue weighted by Crippen LogP contribution is 2.61. The van der Waals surface area contributed by atoms with E-state index in [0.717, 1.165) is 12.1 Å². The van der Waals surface area contributed by atoms with Crippen LogP contribution in [0.5, 0.6) is 0 Å². The van der Waals surface area contributed by atoms with Crippen LogP contribution in [0.4, 0.5) is 17.6 Å². The summed E-state index contributed by atoms with van der Waals surface area (Å²) in [5.74, 6) is 0. The molecule has 0 aliphatic heterocycles. The monoisotopic (exact) mass is 805 g/mol. The summed E-state index contributed by atoms with van der Waals surface area (Å²) in [5.41, 5.74) is -9.34. The zero-order chi connectivity index (χ0) is 33.7. The van der Waals surface area contributed by atoms with Gasteiger partial charge in [0.05, 0.1) is 11.1 Å². The first-order chi connectivity index (χ1) is 21.4. The Balaban J connectivity index is 1.72. The molecule has 0 bridgehead atoms. The van der Waals surface area contributed by atoms with Crippen molar-refractivity contribution in [3.8, 4) is 0 Å². The number of fused-ring (bicyclic) bond motifs is 1. The van der Waals surface area contributed by atoms with Crippen LogP contribution in [0.25, 0.3) is 11.0 Å². The smallest absolute Gasteiger partial charge is 0.320 e. The quantitative estimate of drug-likeness (QED) is 0.0833. The molecule has 1 aromatic heterocycles. The summed E-state index contributed by atoms with van der Waals surface area (Å²) in [6.07, 6.45) is 0.0610. The number of halogens is 6. The van der Waals surface area contributed by atoms with E-state index in [9.17, 15) is 46.3 Å². The Morgan fingerprint density at radius 1 is 0.674 bits per heavy atom. The SMILES string of the molecule is O=P(O)(O)C(F)(F)c1ccc(CC(Cc2ccc(C(F)(F)P(=O)(O)O)c(Br)c2)(c2ccccc2)n2nnc3ccccc32)cc1Br. The molecule has 0 atom stereocenters. The highest BCUT2D eigenvalue weighted by Gasteiger charge is 2.52. The van der Waals surface area contributed by atoms with Crippen LogP contribution in [-0.4, -0.2) is 34.6 Å². The fourth-order valence-electron chi connectivity index (χ4n) is 5.29. The molecule has 0 radical (unpaired) electrons. The van der Waals surface area contributed by atoms with Crippen molar-refractivity contribution in [2.75, 3.05) is 0 Å². The summed E-state index contributed by atoms with van der Waals surface area (Å²) in [4.78, 5) is 37.1. The zero-order valence-electron chi connectivity index (χ0n) is 23.2. The fraction of sp³-hybridized carbons (Fsp3) is 0.172. The first-order valence-corrected chi connectivity index (χ1v) is 18.0. The number of hydrogen-bond acceptors (Lipinski definition) is 4. The average Bonchev–Trinajstić information content (AvgIpc) is 3.41. The molecule has 5 aromatic rings. The lowest BCUT2D eigenvalue weighted by Gasteiger charge is -2.36. The lowest BCUT2D eigenvalue weighted by molar-refractivity contribution is 0.0557. The van der Waals surface area contributed by atoms with E-state index < -0.39 is 43.2 Å². The second-order valence-electron chi connectivity index (χ2n) is 10.5. The van der Waals surface area contributed by atoms with Gasteiger partial charge in [0.15, 0.2) is 0 Å². The summed E-state index contributed by atoms with van der Waals surface area (Å²) in [6.45, 7) is 0. The standard InChI is InChI=1S/C29H23Br2F4N3O6P2/c30-23-14-18(10-12-21(23)28(32,33)45(39,40)41)16-27(20-6-2-1-3-7-20,38-26-9-5-4-8-25(26)36-37-38)17-19-11-13-22(24(31)15-19)29(34,35)46(42,43)44/h1-15H,16-17H2,(H2,39,40,41)(H2,42,43,44). The maximum absolute atomic E-state index is 14.6. The maximum Gasteiger partial charge on any atom is 0.399 e. The Kier molecular flexibility index (Phi) is 9.30. The molecule has 0 amide bonds. The summed E-state index contributed by atoms with van der Waals surface area (Å²) in [6, 6.07) is 23.0. The van der Waals surface area contributed by atoms with E-state index in [0.29, 0.717) is 27.7 Å². The van der Waals surface area contributed by atoms with Gasteiger partial charge in [-0.2, -0.15) is 17.6 Å². The van der Waals surface area contributed by atoms with Crippen LogP contribution in [0.1, 0.15) is 27.8 Å². The minimum Gasteiger partial charge on any atom is -0.320 e. The molecule has 4 aromatic carbocycles. The molecule has 1 heterocycles. The van der Waals surface area contributed by atoms with Gasteiger partial charge in [-0.1, -0.05) is 104 Å². The Bertz CT molecular complexity index is 1940. The Morgan fingerprint density at radius 3 is 1.59 bits per heavy atom. The van der Waals surface area contributed by atoms with E-state index in [4.69, 9.17) is 0 Å². The number of para-hydroxylation sites is 1. The third-order valence-corrected chi connectivity index (χ3v) is 10.8. The van der Waals surface area contributed by atoms with Gasteiger partial charge in [0.25, 0.3) is 0 Å². The van der Waals surface area contributed by atoms with Crippen molar-refractivity contribution < 1.29 is 46.3 Å². The number of alkyl halides is 4. The highest BCUT2D eigenvalue weighted by molar-refractivity contribution is 9.10. The van der Waals surface area contributed by atoms with Gasteiger partial charge < -0.3 is 19.6 Å². The Hall–Kier alpha value is -2.74. The summed E-state index contributed by atoms with van der Waals surface area (Å²) in [7, 11) is -11.7. The second-order valence-corrected chi connectivity index (χ2v) is 15.5. The normalized spacial score (nSPS) is 13.3. The molecule has 17 heteroatoms. The van der Waals surface area contributed by atoms with E-state index in [2.05, 4.69) is 42.2 Å². The molecule has 0 unspecified atom stereocenters. The number of hydrogen-bond donors (Lipinski definition) is 4. The Labute approximate surface area is 275 Å². The van der Waals surface area contributed by atoms with Crippen molar-refractivity contribution in [1.29, 1.82) is 0 Å². The van der Waals surface area contributed by atoms with E-state index in [1.54, 1.807) is 59.3 Å². The van der Waals surface area contributed by atoms with Crippen molar-refractivity contribution in [3.63, 3.8) is 0 Å². The largest absolute Gasteiger partial charge is 0.399 e. The lowest BCUT2D eigenvalue weighted by atomic mass is 9.78. The molecule has 0 fully saturated rings. The lowest BCUT2D eigenvalue weighted by Crippen LogP contribution is -2.40. The van der Waals surface area contributed by atoms with Crippen LogP contribution in [-0.2, 0) is 38.8 Å². The molecule has 9 nitrogen and oxygen atoms in total. The van der Waals surface area contributed by atoms with Crippen LogP contribution in [0, 0.1) is 0 Å². The van der Waals surface area contributed by atoms with Gasteiger partial charge in [0.2, 0.25) is 0 Å². The minimum atomic E-state index is -5.86. The second kappa shape index (κ2) is 12.4. The van der Waals surface area contributed by atoms with E-state index in [1.807, 2.05) is 0 Å². The molecular weight excluding hydrogens is 784 g/mol. The first-order valence-electron chi connectivity index (χ1n) is 13.2. The molecule has 5 rings (SSSR count). The Morgan fingerprint density at radius 2 is 1.13 bits per heavy atom. The van der Waals surface area contributed by atoms with Crippen molar-refractivity contribution >= 4 is 58.1 Å². The number of aromatic nitrogens is 3. The minimum absolute atomic E-state index is 0.0305. The molecule has 46 heavy (non-hydrogen) atoms. The first kappa shape index (κ1) is 34.6. The molecule has 0 saturated heterocycles. The third kappa shape index (κ3) is 6.27. The molecule has 0 spiro atoms. The van der Waals surface area contributed by atoms with Crippen molar-refractivity contribution in [2.24, 2.45) is 0 Å². The molecule has 4 N–H and O–H groups in total. The van der Waals surface area contributed by atoms with Gasteiger partial charge in [0, 0.05) is 32.9 Å². The summed E-state index contributed by atoms with van der Waals surface area (Å²) >= 11 is 6.10. The molecule has 242 valence electrons. The van der Waals surface area contributed by atoms with Crippen LogP contribution < -0.4 is 0 Å². The molecule has 0 aliphatic carbocycles. The van der Waals surface area contributed by atoms with Crippen LogP contribution in [0.15, 0.2) is 99.9 Å². The van der Waals surface area contributed by atoms with Gasteiger partial charge in [-0.15, -0.1) is 5.10 Å². The molecule has 0 saturated carbocycles. The summed E-state index contributed by atoms with van der Waals surface area (Å²) in [5, 5.41) is 8.76. The van der Waals surface area contributed by atoms with Crippen LogP contribution in [0.2, 0.25) is 0 Å². The number of rotatable bonds is 10. The number of benzene rings is 4. The van der Waals surface area contributed by atoms with Crippen molar-refractivity contribution in [1.82, 2.24) is 15.0 Å². The topological polar surface area (TPSA) is 146 Å². The zero-order valence-corrected chi connectivity index (χ0v) is 28.1. The predicted octanol–water partition coefficient (Wildman–Crippen LogP) is 7.64. The van der Waals surface area contributed by atoms with Gasteiger partial charge in [0.1, 0.15) is 5.52 Å². The van der Waals surface area contributed by atoms with Gasteiger partial charge in [-0.05, 0) is 41.0 Å². The summed E-state index contributed by atoms with van der Waals surface area (Å²) < 4.78 is 82.9. The number of nitrogens with zero attached hydrogens (tertiary/aromatic N) is 3. The maximum atomic E-state index is 14.6. The van der Waals surface area contributed by atoms with Crippen LogP contribution in [0.3, 0.4) is 0 Å². The van der Waals surface area contributed by atoms with E-state index >= 15 is 0 Å². The van der Waals surface area contributed by atoms with E-state index in [-0.39, 0.29) is 21.8 Å². The third-order valence-electron chi connectivity index (χ3n) is 7.51. The van der Waals surface area contributed by atoms with Crippen molar-refractivity contribution in [3.05, 3.63) is 128 Å². The predicted molar refractivity (Wildman–Crippen MR) is 169 cm³/mol. The molecular formula is C29H23Br2F4N3O6P2.